The van der Waals surface area contributed by atoms with Gasteiger partial charge in [0, 0.05) is 49.4 Å². The Morgan fingerprint density at radius 2 is 1.88 bits per heavy atom. The molecule has 0 radical (unpaired) electrons. The third kappa shape index (κ3) is 5.00. The van der Waals surface area contributed by atoms with Gasteiger partial charge in [0.1, 0.15) is 5.82 Å². The van der Waals surface area contributed by atoms with Gasteiger partial charge in [0.15, 0.2) is 0 Å². The number of pyridine rings is 1. The Labute approximate surface area is 189 Å². The molecule has 0 spiro atoms. The van der Waals surface area contributed by atoms with E-state index in [0.29, 0.717) is 29.6 Å². The topological polar surface area (TPSA) is 81.0 Å². The van der Waals surface area contributed by atoms with Gasteiger partial charge in [-0.1, -0.05) is 24.3 Å². The van der Waals surface area contributed by atoms with Gasteiger partial charge in [-0.3, -0.25) is 4.79 Å². The average Bonchev–Trinajstić information content (AvgIpc) is 2.82. The lowest BCUT2D eigenvalue weighted by Gasteiger charge is -2.30. The second kappa shape index (κ2) is 9.69. The second-order valence-corrected chi connectivity index (χ2v) is 8.70. The SMILES string of the molecule is CN(C)c1cc(N[C@H]2CC[C@@H](CNC(=O)c3cccc(C#N)c3)CC2)nc2ccccc12. The van der Waals surface area contributed by atoms with Gasteiger partial charge in [-0.05, 0) is 55.9 Å². The summed E-state index contributed by atoms with van der Waals surface area (Å²) in [6.45, 7) is 0.668. The van der Waals surface area contributed by atoms with Crippen LogP contribution in [0, 0.1) is 17.2 Å². The Morgan fingerprint density at radius 3 is 2.62 bits per heavy atom. The van der Waals surface area contributed by atoms with Crippen LogP contribution < -0.4 is 15.5 Å². The standard InChI is InChI=1S/C26H29N5O/c1-31(2)24-15-25(30-23-9-4-3-8-22(23)24)29-21-12-10-18(11-13-21)17-28-26(32)20-7-5-6-19(14-20)16-27/h3-9,14-15,18,21H,10-13,17H2,1-2H3,(H,28,32)(H,29,30)/t18-,21+. The monoisotopic (exact) mass is 427 g/mol. The van der Waals surface area contributed by atoms with E-state index in [4.69, 9.17) is 10.2 Å². The van der Waals surface area contributed by atoms with Crippen LogP contribution in [0.4, 0.5) is 11.5 Å². The predicted molar refractivity (Wildman–Crippen MR) is 129 cm³/mol. The zero-order valence-corrected chi connectivity index (χ0v) is 18.6. The highest BCUT2D eigenvalue weighted by Crippen LogP contribution is 2.30. The predicted octanol–water partition coefficient (Wildman–Crippen LogP) is 4.57. The molecule has 1 amide bonds. The fraction of sp³-hybridized carbons (Fsp3) is 0.346. The van der Waals surface area contributed by atoms with Crippen molar-refractivity contribution in [2.75, 3.05) is 30.9 Å². The number of carbonyl (C=O) groups is 1. The third-order valence-electron chi connectivity index (χ3n) is 6.18. The number of nitrogens with one attached hydrogen (secondary N) is 2. The van der Waals surface area contributed by atoms with Crippen LogP contribution >= 0.6 is 0 Å². The summed E-state index contributed by atoms with van der Waals surface area (Å²) in [6, 6.07) is 19.7. The smallest absolute Gasteiger partial charge is 0.251 e. The first-order chi connectivity index (χ1) is 15.5. The van der Waals surface area contributed by atoms with E-state index in [-0.39, 0.29) is 5.91 Å². The van der Waals surface area contributed by atoms with Crippen LogP contribution in [0.5, 0.6) is 0 Å². The lowest BCUT2D eigenvalue weighted by molar-refractivity contribution is 0.0943. The van der Waals surface area contributed by atoms with Crippen LogP contribution in [0.3, 0.4) is 0 Å². The molecule has 1 fully saturated rings. The number of hydrogen-bond acceptors (Lipinski definition) is 5. The summed E-state index contributed by atoms with van der Waals surface area (Å²) in [5.74, 6) is 1.28. The molecule has 1 aliphatic carbocycles. The van der Waals surface area contributed by atoms with E-state index in [2.05, 4.69) is 53.9 Å². The summed E-state index contributed by atoms with van der Waals surface area (Å²) < 4.78 is 0. The van der Waals surface area contributed by atoms with Crippen molar-refractivity contribution < 1.29 is 4.79 Å². The van der Waals surface area contributed by atoms with Gasteiger partial charge < -0.3 is 15.5 Å². The zero-order chi connectivity index (χ0) is 22.5. The molecule has 2 aromatic carbocycles. The van der Waals surface area contributed by atoms with Gasteiger partial charge in [0.25, 0.3) is 5.91 Å². The molecule has 3 aromatic rings. The maximum Gasteiger partial charge on any atom is 0.251 e. The van der Waals surface area contributed by atoms with Crippen molar-refractivity contribution in [2.24, 2.45) is 5.92 Å². The zero-order valence-electron chi connectivity index (χ0n) is 18.6. The molecular formula is C26H29N5O. The number of amides is 1. The van der Waals surface area contributed by atoms with Gasteiger partial charge >= 0.3 is 0 Å². The van der Waals surface area contributed by atoms with Gasteiger partial charge in [-0.15, -0.1) is 0 Å². The van der Waals surface area contributed by atoms with Crippen molar-refractivity contribution in [3.63, 3.8) is 0 Å². The first-order valence-corrected chi connectivity index (χ1v) is 11.2. The summed E-state index contributed by atoms with van der Waals surface area (Å²) in [5, 5.41) is 16.8. The minimum absolute atomic E-state index is 0.112. The first-order valence-electron chi connectivity index (χ1n) is 11.2. The minimum atomic E-state index is -0.112. The van der Waals surface area contributed by atoms with Crippen molar-refractivity contribution >= 4 is 28.3 Å². The maximum atomic E-state index is 12.4. The molecule has 0 saturated heterocycles. The number of para-hydroxylation sites is 1. The Bertz CT molecular complexity index is 1140. The Balaban J connectivity index is 1.31. The molecule has 1 aliphatic rings. The third-order valence-corrected chi connectivity index (χ3v) is 6.18. The van der Waals surface area contributed by atoms with Crippen molar-refractivity contribution in [3.8, 4) is 6.07 Å². The second-order valence-electron chi connectivity index (χ2n) is 8.70. The number of carbonyl (C=O) groups excluding carboxylic acids is 1. The summed E-state index contributed by atoms with van der Waals surface area (Å²) >= 11 is 0. The van der Waals surface area contributed by atoms with Gasteiger partial charge in [0.05, 0.1) is 17.1 Å². The molecule has 1 heterocycles. The van der Waals surface area contributed by atoms with E-state index in [0.717, 1.165) is 48.1 Å². The molecule has 32 heavy (non-hydrogen) atoms. The number of aromatic nitrogens is 1. The maximum absolute atomic E-state index is 12.4. The van der Waals surface area contributed by atoms with E-state index in [1.54, 1.807) is 24.3 Å². The summed E-state index contributed by atoms with van der Waals surface area (Å²) in [5.41, 5.74) is 3.20. The number of anilines is 2. The average molecular weight is 428 g/mol. The number of fused-ring (bicyclic) bond motifs is 1. The largest absolute Gasteiger partial charge is 0.377 e. The highest BCUT2D eigenvalue weighted by molar-refractivity contribution is 5.94. The van der Waals surface area contributed by atoms with Crippen LogP contribution in [-0.2, 0) is 0 Å². The summed E-state index contributed by atoms with van der Waals surface area (Å²) in [7, 11) is 4.11. The van der Waals surface area contributed by atoms with E-state index < -0.39 is 0 Å². The van der Waals surface area contributed by atoms with Crippen LogP contribution in [-0.4, -0.2) is 37.6 Å². The number of rotatable bonds is 6. The van der Waals surface area contributed by atoms with Gasteiger partial charge in [-0.2, -0.15) is 5.26 Å². The molecule has 0 aliphatic heterocycles. The molecule has 164 valence electrons. The molecule has 1 aromatic heterocycles. The van der Waals surface area contributed by atoms with E-state index in [1.807, 2.05) is 12.1 Å². The van der Waals surface area contributed by atoms with Crippen molar-refractivity contribution in [1.29, 1.82) is 5.26 Å². The number of nitrogens with zero attached hydrogens (tertiary/aromatic N) is 3. The summed E-state index contributed by atoms with van der Waals surface area (Å²) in [4.78, 5) is 19.4. The minimum Gasteiger partial charge on any atom is -0.377 e. The normalized spacial score (nSPS) is 18.0. The fourth-order valence-corrected chi connectivity index (χ4v) is 4.39. The molecule has 6 heteroatoms. The lowest BCUT2D eigenvalue weighted by atomic mass is 9.86. The van der Waals surface area contributed by atoms with Crippen molar-refractivity contribution in [2.45, 2.75) is 31.7 Å². The van der Waals surface area contributed by atoms with Crippen LogP contribution in [0.2, 0.25) is 0 Å². The highest BCUT2D eigenvalue weighted by atomic mass is 16.1. The molecule has 6 nitrogen and oxygen atoms in total. The Morgan fingerprint density at radius 1 is 1.09 bits per heavy atom. The van der Waals surface area contributed by atoms with Crippen LogP contribution in [0.15, 0.2) is 54.6 Å². The number of nitriles is 1. The van der Waals surface area contributed by atoms with Crippen molar-refractivity contribution in [3.05, 3.63) is 65.7 Å². The lowest BCUT2D eigenvalue weighted by Crippen LogP contribution is -2.34. The molecular weight excluding hydrogens is 398 g/mol. The first kappa shape index (κ1) is 21.6. The number of benzene rings is 2. The molecule has 0 atom stereocenters. The Kier molecular flexibility index (Phi) is 6.55. The Hall–Kier alpha value is -3.59. The van der Waals surface area contributed by atoms with Crippen molar-refractivity contribution in [1.82, 2.24) is 10.3 Å². The molecule has 1 saturated carbocycles. The number of hydrogen-bond donors (Lipinski definition) is 2. The van der Waals surface area contributed by atoms with Crippen LogP contribution in [0.1, 0.15) is 41.6 Å². The molecule has 0 bridgehead atoms. The molecule has 2 N–H and O–H groups in total. The molecule has 4 rings (SSSR count). The van der Waals surface area contributed by atoms with E-state index in [1.165, 1.54) is 0 Å². The fourth-order valence-electron chi connectivity index (χ4n) is 4.39. The highest BCUT2D eigenvalue weighted by Gasteiger charge is 2.22. The van der Waals surface area contributed by atoms with E-state index >= 15 is 0 Å². The van der Waals surface area contributed by atoms with E-state index in [9.17, 15) is 4.79 Å². The van der Waals surface area contributed by atoms with Crippen LogP contribution in [0.25, 0.3) is 10.9 Å². The molecule has 0 unspecified atom stereocenters. The van der Waals surface area contributed by atoms with Gasteiger partial charge in [-0.25, -0.2) is 4.98 Å². The summed E-state index contributed by atoms with van der Waals surface area (Å²) in [6.07, 6.45) is 4.22. The quantitative estimate of drug-likeness (QED) is 0.602. The van der Waals surface area contributed by atoms with Gasteiger partial charge in [0.2, 0.25) is 0 Å².